The Morgan fingerprint density at radius 3 is 2.59 bits per heavy atom. The number of alkyl halides is 3. The highest BCUT2D eigenvalue weighted by Gasteiger charge is 2.28. The molecule has 4 nitrogen and oxygen atoms in total. The SMILES string of the molecule is Nc1ccc(C(=O)NOCC(F)(F)F)c(F)c1. The third-order valence-electron chi connectivity index (χ3n) is 1.64. The van der Waals surface area contributed by atoms with Crippen LogP contribution in [0.5, 0.6) is 0 Å². The molecule has 1 aromatic carbocycles. The minimum atomic E-state index is -4.58. The standard InChI is InChI=1S/C9H8F4N2O2/c10-7-3-5(14)1-2-6(7)8(16)15-17-4-9(11,12)13/h1-3H,4,14H2,(H,15,16). The number of hydroxylamine groups is 1. The lowest BCUT2D eigenvalue weighted by Gasteiger charge is -2.08. The Kier molecular flexibility index (Phi) is 3.89. The van der Waals surface area contributed by atoms with Gasteiger partial charge >= 0.3 is 6.18 Å². The molecule has 0 fully saturated rings. The van der Waals surface area contributed by atoms with E-state index >= 15 is 0 Å². The molecule has 0 aliphatic heterocycles. The first kappa shape index (κ1) is 13.2. The van der Waals surface area contributed by atoms with Crippen molar-refractivity contribution in [3.8, 4) is 0 Å². The van der Waals surface area contributed by atoms with Gasteiger partial charge in [-0.3, -0.25) is 9.63 Å². The van der Waals surface area contributed by atoms with Gasteiger partial charge in [-0.15, -0.1) is 0 Å². The number of anilines is 1. The highest BCUT2D eigenvalue weighted by molar-refractivity contribution is 5.94. The second-order valence-electron chi connectivity index (χ2n) is 3.07. The zero-order chi connectivity index (χ0) is 13.1. The van der Waals surface area contributed by atoms with Gasteiger partial charge in [-0.1, -0.05) is 0 Å². The number of halogens is 4. The molecule has 1 aromatic rings. The number of hydrogen-bond acceptors (Lipinski definition) is 3. The summed E-state index contributed by atoms with van der Waals surface area (Å²) >= 11 is 0. The van der Waals surface area contributed by atoms with E-state index in [0.29, 0.717) is 0 Å². The fraction of sp³-hybridized carbons (Fsp3) is 0.222. The number of benzene rings is 1. The van der Waals surface area contributed by atoms with E-state index in [1.807, 2.05) is 0 Å². The van der Waals surface area contributed by atoms with Crippen molar-refractivity contribution in [3.63, 3.8) is 0 Å². The topological polar surface area (TPSA) is 64.4 Å². The van der Waals surface area contributed by atoms with Crippen molar-refractivity contribution in [2.75, 3.05) is 12.3 Å². The van der Waals surface area contributed by atoms with Crippen LogP contribution in [0.3, 0.4) is 0 Å². The van der Waals surface area contributed by atoms with Crippen molar-refractivity contribution in [1.29, 1.82) is 0 Å². The van der Waals surface area contributed by atoms with Crippen molar-refractivity contribution >= 4 is 11.6 Å². The molecule has 0 spiro atoms. The minimum absolute atomic E-state index is 0.0928. The van der Waals surface area contributed by atoms with Gasteiger partial charge in [0.2, 0.25) is 0 Å². The lowest BCUT2D eigenvalue weighted by molar-refractivity contribution is -0.184. The van der Waals surface area contributed by atoms with Gasteiger partial charge in [-0.2, -0.15) is 13.2 Å². The van der Waals surface area contributed by atoms with Crippen molar-refractivity contribution < 1.29 is 27.2 Å². The predicted molar refractivity (Wildman–Crippen MR) is 50.3 cm³/mol. The highest BCUT2D eigenvalue weighted by Crippen LogP contribution is 2.14. The van der Waals surface area contributed by atoms with Gasteiger partial charge < -0.3 is 5.73 Å². The summed E-state index contributed by atoms with van der Waals surface area (Å²) in [4.78, 5) is 15.1. The summed E-state index contributed by atoms with van der Waals surface area (Å²) in [5, 5.41) is 0. The number of nitrogens with one attached hydrogen (secondary N) is 1. The van der Waals surface area contributed by atoms with Crippen LogP contribution < -0.4 is 11.2 Å². The summed E-state index contributed by atoms with van der Waals surface area (Å²) in [6.45, 7) is -1.66. The number of rotatable bonds is 3. The van der Waals surface area contributed by atoms with Crippen molar-refractivity contribution in [1.82, 2.24) is 5.48 Å². The average Bonchev–Trinajstić information content (AvgIpc) is 2.15. The summed E-state index contributed by atoms with van der Waals surface area (Å²) in [7, 11) is 0. The van der Waals surface area contributed by atoms with Gasteiger partial charge in [-0.25, -0.2) is 9.87 Å². The fourth-order valence-corrected chi connectivity index (χ4v) is 0.954. The Labute approximate surface area is 93.3 Å². The molecule has 0 radical (unpaired) electrons. The van der Waals surface area contributed by atoms with Gasteiger partial charge in [0.1, 0.15) is 5.82 Å². The Hall–Kier alpha value is -1.83. The number of amides is 1. The lowest BCUT2D eigenvalue weighted by Crippen LogP contribution is -2.30. The summed E-state index contributed by atoms with van der Waals surface area (Å²) in [6, 6.07) is 3.15. The molecule has 17 heavy (non-hydrogen) atoms. The number of nitrogen functional groups attached to an aromatic ring is 1. The number of carbonyl (C=O) groups excluding carboxylic acids is 1. The average molecular weight is 252 g/mol. The monoisotopic (exact) mass is 252 g/mol. The summed E-state index contributed by atoms with van der Waals surface area (Å²) in [5.74, 6) is -2.06. The number of nitrogens with two attached hydrogens (primary N) is 1. The van der Waals surface area contributed by atoms with Gasteiger partial charge in [0, 0.05) is 5.69 Å². The largest absolute Gasteiger partial charge is 0.414 e. The Morgan fingerprint density at radius 1 is 1.41 bits per heavy atom. The molecule has 0 atom stereocenters. The van der Waals surface area contributed by atoms with E-state index in [-0.39, 0.29) is 5.69 Å². The summed E-state index contributed by atoms with van der Waals surface area (Å²) in [5.41, 5.74) is 6.34. The molecule has 8 heteroatoms. The molecule has 0 aliphatic carbocycles. The van der Waals surface area contributed by atoms with Crippen molar-refractivity contribution in [2.45, 2.75) is 6.18 Å². The quantitative estimate of drug-likeness (QED) is 0.488. The van der Waals surface area contributed by atoms with E-state index in [9.17, 15) is 22.4 Å². The van der Waals surface area contributed by atoms with E-state index < -0.39 is 30.1 Å². The van der Waals surface area contributed by atoms with E-state index in [1.165, 1.54) is 11.5 Å². The van der Waals surface area contributed by atoms with E-state index in [0.717, 1.165) is 12.1 Å². The predicted octanol–water partition coefficient (Wildman–Crippen LogP) is 1.63. The molecular weight excluding hydrogens is 244 g/mol. The minimum Gasteiger partial charge on any atom is -0.399 e. The zero-order valence-electron chi connectivity index (χ0n) is 8.34. The molecular formula is C9H8F4N2O2. The fourth-order valence-electron chi connectivity index (χ4n) is 0.954. The maximum absolute atomic E-state index is 13.1. The van der Waals surface area contributed by atoms with Gasteiger partial charge in [0.05, 0.1) is 5.56 Å². The van der Waals surface area contributed by atoms with E-state index in [1.54, 1.807) is 0 Å². The van der Waals surface area contributed by atoms with Crippen molar-refractivity contribution in [3.05, 3.63) is 29.6 Å². The number of carbonyl (C=O) groups is 1. The molecule has 94 valence electrons. The van der Waals surface area contributed by atoms with Crippen LogP contribution in [0.4, 0.5) is 23.2 Å². The van der Waals surface area contributed by atoms with Crippen LogP contribution >= 0.6 is 0 Å². The van der Waals surface area contributed by atoms with E-state index in [2.05, 4.69) is 4.84 Å². The summed E-state index contributed by atoms with van der Waals surface area (Å²) < 4.78 is 48.2. The molecule has 3 N–H and O–H groups in total. The second-order valence-corrected chi connectivity index (χ2v) is 3.07. The molecule has 0 aliphatic rings. The summed E-state index contributed by atoms with van der Waals surface area (Å²) in [6.07, 6.45) is -4.58. The van der Waals surface area contributed by atoms with E-state index in [4.69, 9.17) is 5.73 Å². The van der Waals surface area contributed by atoms with Crippen LogP contribution in [-0.2, 0) is 4.84 Å². The first-order valence-corrected chi connectivity index (χ1v) is 4.33. The zero-order valence-corrected chi connectivity index (χ0v) is 8.34. The molecule has 0 heterocycles. The first-order valence-electron chi connectivity index (χ1n) is 4.33. The third-order valence-corrected chi connectivity index (χ3v) is 1.64. The van der Waals surface area contributed by atoms with Gasteiger partial charge in [0.15, 0.2) is 6.61 Å². The molecule has 0 bridgehead atoms. The maximum Gasteiger partial charge on any atom is 0.414 e. The smallest absolute Gasteiger partial charge is 0.399 e. The maximum atomic E-state index is 13.1. The number of hydrogen-bond donors (Lipinski definition) is 2. The second kappa shape index (κ2) is 5.00. The van der Waals surface area contributed by atoms with Crippen LogP contribution in [0, 0.1) is 5.82 Å². The van der Waals surface area contributed by atoms with Crippen LogP contribution in [-0.4, -0.2) is 18.7 Å². The van der Waals surface area contributed by atoms with Gasteiger partial charge in [-0.05, 0) is 18.2 Å². The van der Waals surface area contributed by atoms with Crippen LogP contribution in [0.25, 0.3) is 0 Å². The van der Waals surface area contributed by atoms with Crippen LogP contribution in [0.2, 0.25) is 0 Å². The Morgan fingerprint density at radius 2 is 2.06 bits per heavy atom. The molecule has 1 rings (SSSR count). The normalized spacial score (nSPS) is 11.3. The highest BCUT2D eigenvalue weighted by atomic mass is 19.4. The van der Waals surface area contributed by atoms with Gasteiger partial charge in [0.25, 0.3) is 5.91 Å². The molecule has 0 aromatic heterocycles. The molecule has 1 amide bonds. The first-order chi connectivity index (χ1) is 7.79. The molecule has 0 saturated heterocycles. The molecule has 0 saturated carbocycles. The lowest BCUT2D eigenvalue weighted by atomic mass is 10.2. The van der Waals surface area contributed by atoms with Crippen LogP contribution in [0.15, 0.2) is 18.2 Å². The van der Waals surface area contributed by atoms with Crippen LogP contribution in [0.1, 0.15) is 10.4 Å². The molecule has 0 unspecified atom stereocenters. The Bertz CT molecular complexity index is 420. The Balaban J connectivity index is 2.59. The third kappa shape index (κ3) is 4.27. The van der Waals surface area contributed by atoms with Crippen molar-refractivity contribution in [2.24, 2.45) is 0 Å².